The Bertz CT molecular complexity index is 494. The van der Waals surface area contributed by atoms with Crippen molar-refractivity contribution in [2.45, 2.75) is 62.2 Å². The summed E-state index contributed by atoms with van der Waals surface area (Å²) in [6.07, 6.45) is 9.81. The van der Waals surface area contributed by atoms with Crippen molar-refractivity contribution in [2.75, 3.05) is 5.75 Å². The number of hydrogen-bond donors (Lipinski definition) is 0. The molecule has 0 saturated heterocycles. The lowest BCUT2D eigenvalue weighted by Crippen LogP contribution is -2.23. The van der Waals surface area contributed by atoms with Gasteiger partial charge in [-0.15, -0.1) is 11.8 Å². The van der Waals surface area contributed by atoms with E-state index in [-0.39, 0.29) is 5.41 Å². The number of benzene rings is 1. The molecule has 0 N–H and O–H groups in total. The van der Waals surface area contributed by atoms with Crippen molar-refractivity contribution in [3.05, 3.63) is 29.8 Å². The van der Waals surface area contributed by atoms with Crippen LogP contribution in [0.5, 0.6) is 0 Å². The van der Waals surface area contributed by atoms with Gasteiger partial charge in [0.15, 0.2) is 0 Å². The number of rotatable bonds is 2. The van der Waals surface area contributed by atoms with Gasteiger partial charge in [-0.2, -0.15) is 5.26 Å². The van der Waals surface area contributed by atoms with Gasteiger partial charge in [0, 0.05) is 10.6 Å². The van der Waals surface area contributed by atoms with Gasteiger partial charge in [0.05, 0.1) is 11.5 Å². The van der Waals surface area contributed by atoms with Crippen LogP contribution in [0.15, 0.2) is 29.2 Å². The average molecular weight is 285 g/mol. The fourth-order valence-corrected chi connectivity index (χ4v) is 5.07. The summed E-state index contributed by atoms with van der Waals surface area (Å²) >= 11 is 1.97. The van der Waals surface area contributed by atoms with Crippen molar-refractivity contribution >= 4 is 11.8 Å². The molecule has 0 aromatic heterocycles. The molecule has 1 aromatic rings. The molecule has 106 valence electrons. The quantitative estimate of drug-likeness (QED) is 0.714. The maximum Gasteiger partial charge on any atom is 0.0689 e. The molecule has 20 heavy (non-hydrogen) atoms. The van der Waals surface area contributed by atoms with E-state index in [1.807, 2.05) is 11.8 Å². The van der Waals surface area contributed by atoms with Crippen LogP contribution in [0, 0.1) is 16.7 Å². The lowest BCUT2D eigenvalue weighted by Gasteiger charge is -2.31. The molecule has 2 heteroatoms. The monoisotopic (exact) mass is 285 g/mol. The minimum atomic E-state index is -0.0525. The summed E-state index contributed by atoms with van der Waals surface area (Å²) in [6, 6.07) is 11.5. The third-order valence-electron chi connectivity index (χ3n) is 4.98. The summed E-state index contributed by atoms with van der Waals surface area (Å²) < 4.78 is 0. The molecular weight excluding hydrogens is 262 g/mol. The number of hydrogen-bond acceptors (Lipinski definition) is 2. The van der Waals surface area contributed by atoms with E-state index in [9.17, 15) is 5.26 Å². The molecule has 0 amide bonds. The van der Waals surface area contributed by atoms with E-state index in [0.717, 1.165) is 19.3 Å². The van der Waals surface area contributed by atoms with Crippen LogP contribution in [0.25, 0.3) is 0 Å². The standard InChI is InChI=1S/C18H23NS/c19-14-18(10-6-2-1-3-7-11-18)12-15-13-20-17-9-5-4-8-16(15)17/h4-5,8-9,15H,1-3,6-7,10-13H2. The molecule has 1 heterocycles. The van der Waals surface area contributed by atoms with E-state index in [4.69, 9.17) is 0 Å². The lowest BCUT2D eigenvalue weighted by atomic mass is 9.71. The van der Waals surface area contributed by atoms with Gasteiger partial charge in [0.2, 0.25) is 0 Å². The van der Waals surface area contributed by atoms with Gasteiger partial charge in [-0.1, -0.05) is 50.3 Å². The number of nitrogens with zero attached hydrogens (tertiary/aromatic N) is 1. The minimum Gasteiger partial charge on any atom is -0.198 e. The first kappa shape index (κ1) is 14.0. The molecule has 1 unspecified atom stereocenters. The van der Waals surface area contributed by atoms with E-state index in [2.05, 4.69) is 30.3 Å². The molecule has 1 saturated carbocycles. The van der Waals surface area contributed by atoms with Crippen molar-refractivity contribution in [1.82, 2.24) is 0 Å². The Morgan fingerprint density at radius 3 is 2.55 bits per heavy atom. The minimum absolute atomic E-state index is 0.0525. The number of nitriles is 1. The Kier molecular flexibility index (Phi) is 4.36. The third-order valence-corrected chi connectivity index (χ3v) is 6.24. The Morgan fingerprint density at radius 1 is 1.10 bits per heavy atom. The van der Waals surface area contributed by atoms with Crippen molar-refractivity contribution in [3.63, 3.8) is 0 Å². The Hall–Kier alpha value is -0.940. The van der Waals surface area contributed by atoms with Crippen molar-refractivity contribution < 1.29 is 0 Å². The van der Waals surface area contributed by atoms with Gasteiger partial charge in [0.1, 0.15) is 0 Å². The zero-order valence-corrected chi connectivity index (χ0v) is 12.9. The van der Waals surface area contributed by atoms with Crippen LogP contribution in [-0.2, 0) is 0 Å². The largest absolute Gasteiger partial charge is 0.198 e. The molecule has 1 atom stereocenters. The summed E-state index contributed by atoms with van der Waals surface area (Å²) in [5.41, 5.74) is 1.44. The molecule has 1 aromatic carbocycles. The van der Waals surface area contributed by atoms with Crippen molar-refractivity contribution in [3.8, 4) is 6.07 Å². The summed E-state index contributed by atoms with van der Waals surface area (Å²) in [4.78, 5) is 1.44. The van der Waals surface area contributed by atoms with Gasteiger partial charge in [-0.3, -0.25) is 0 Å². The molecule has 3 rings (SSSR count). The SMILES string of the molecule is N#CC1(CC2CSc3ccccc32)CCCCCCC1. The maximum absolute atomic E-state index is 9.81. The third kappa shape index (κ3) is 2.88. The lowest BCUT2D eigenvalue weighted by molar-refractivity contribution is 0.256. The molecule has 0 bridgehead atoms. The van der Waals surface area contributed by atoms with Crippen molar-refractivity contribution in [2.24, 2.45) is 5.41 Å². The zero-order valence-electron chi connectivity index (χ0n) is 12.1. The molecule has 1 nitrogen and oxygen atoms in total. The molecule has 0 spiro atoms. The second kappa shape index (κ2) is 6.22. The Balaban J connectivity index is 1.76. The van der Waals surface area contributed by atoms with Gasteiger partial charge >= 0.3 is 0 Å². The number of thioether (sulfide) groups is 1. The maximum atomic E-state index is 9.81. The highest BCUT2D eigenvalue weighted by Gasteiger charge is 2.36. The first-order chi connectivity index (χ1) is 9.83. The van der Waals surface area contributed by atoms with Crippen LogP contribution < -0.4 is 0 Å². The van der Waals surface area contributed by atoms with Gasteiger partial charge in [0.25, 0.3) is 0 Å². The van der Waals surface area contributed by atoms with Gasteiger partial charge in [-0.05, 0) is 36.8 Å². The highest BCUT2D eigenvalue weighted by molar-refractivity contribution is 7.99. The fourth-order valence-electron chi connectivity index (χ4n) is 3.81. The second-order valence-electron chi connectivity index (χ2n) is 6.41. The topological polar surface area (TPSA) is 23.8 Å². The first-order valence-corrected chi connectivity index (χ1v) is 8.95. The molecule has 1 aliphatic heterocycles. The molecule has 1 fully saturated rings. The predicted octanol–water partition coefficient (Wildman–Crippen LogP) is 5.52. The zero-order chi connectivity index (χ0) is 13.8. The summed E-state index contributed by atoms with van der Waals surface area (Å²) in [6.45, 7) is 0. The molecular formula is C18H23NS. The van der Waals surface area contributed by atoms with Crippen LogP contribution in [0.2, 0.25) is 0 Å². The van der Waals surface area contributed by atoms with Crippen molar-refractivity contribution in [1.29, 1.82) is 5.26 Å². The van der Waals surface area contributed by atoms with E-state index < -0.39 is 0 Å². The highest BCUT2D eigenvalue weighted by atomic mass is 32.2. The van der Waals surface area contributed by atoms with E-state index in [1.165, 1.54) is 48.3 Å². The summed E-state index contributed by atoms with van der Waals surface area (Å²) in [7, 11) is 0. The average Bonchev–Trinajstić information content (AvgIpc) is 2.85. The van der Waals surface area contributed by atoms with E-state index in [1.54, 1.807) is 0 Å². The normalized spacial score (nSPS) is 25.2. The summed E-state index contributed by atoms with van der Waals surface area (Å²) in [5, 5.41) is 9.81. The highest BCUT2D eigenvalue weighted by Crippen LogP contribution is 2.48. The Labute approximate surface area is 126 Å². The van der Waals surface area contributed by atoms with Gasteiger partial charge in [-0.25, -0.2) is 0 Å². The van der Waals surface area contributed by atoms with Gasteiger partial charge < -0.3 is 0 Å². The predicted molar refractivity (Wildman–Crippen MR) is 84.9 cm³/mol. The molecule has 0 radical (unpaired) electrons. The Morgan fingerprint density at radius 2 is 1.80 bits per heavy atom. The molecule has 2 aliphatic rings. The van der Waals surface area contributed by atoms with Crippen LogP contribution in [-0.4, -0.2) is 5.75 Å². The smallest absolute Gasteiger partial charge is 0.0689 e. The van der Waals surface area contributed by atoms with Crippen LogP contribution in [0.3, 0.4) is 0 Å². The second-order valence-corrected chi connectivity index (χ2v) is 7.47. The van der Waals surface area contributed by atoms with Crippen LogP contribution in [0.1, 0.15) is 62.8 Å². The fraction of sp³-hybridized carbons (Fsp3) is 0.611. The van der Waals surface area contributed by atoms with E-state index >= 15 is 0 Å². The molecule has 1 aliphatic carbocycles. The van der Waals surface area contributed by atoms with Crippen LogP contribution in [0.4, 0.5) is 0 Å². The number of fused-ring (bicyclic) bond motifs is 1. The van der Waals surface area contributed by atoms with E-state index in [0.29, 0.717) is 5.92 Å². The summed E-state index contributed by atoms with van der Waals surface area (Å²) in [5.74, 6) is 1.76. The van der Waals surface area contributed by atoms with Crippen LogP contribution >= 0.6 is 11.8 Å². The first-order valence-electron chi connectivity index (χ1n) is 7.96.